The first-order valence-electron chi connectivity index (χ1n) is 8.36. The number of benzene rings is 2. The minimum absolute atomic E-state index is 0.0750. The second-order valence-corrected chi connectivity index (χ2v) is 7.09. The zero-order valence-corrected chi connectivity index (χ0v) is 16.0. The molecule has 1 heterocycles. The summed E-state index contributed by atoms with van der Waals surface area (Å²) < 4.78 is 27.6. The van der Waals surface area contributed by atoms with Crippen molar-refractivity contribution in [1.29, 1.82) is 0 Å². The van der Waals surface area contributed by atoms with Crippen LogP contribution in [0.2, 0.25) is 0 Å². The van der Waals surface area contributed by atoms with Crippen molar-refractivity contribution >= 4 is 40.3 Å². The number of hydrogen-bond donors (Lipinski definition) is 1. The number of nitrogens with zero attached hydrogens (tertiary/aromatic N) is 3. The Bertz CT molecular complexity index is 1000. The van der Waals surface area contributed by atoms with E-state index in [1.54, 1.807) is 62.6 Å². The Morgan fingerprint density at radius 2 is 1.82 bits per heavy atom. The second kappa shape index (κ2) is 8.39. The predicted molar refractivity (Wildman–Crippen MR) is 105 cm³/mol. The highest BCUT2D eigenvalue weighted by molar-refractivity contribution is 7.99. The molecule has 28 heavy (non-hydrogen) atoms. The molecule has 0 aliphatic heterocycles. The van der Waals surface area contributed by atoms with Crippen molar-refractivity contribution in [3.05, 3.63) is 54.1 Å². The van der Waals surface area contributed by atoms with E-state index in [1.165, 1.54) is 4.90 Å². The van der Waals surface area contributed by atoms with Crippen molar-refractivity contribution in [2.45, 2.75) is 11.7 Å². The van der Waals surface area contributed by atoms with Crippen LogP contribution in [0, 0.1) is 0 Å². The molecule has 3 aromatic rings. The Labute approximate surface area is 164 Å². The molecule has 1 N–H and O–H groups in total. The Kier molecular flexibility index (Phi) is 5.93. The van der Waals surface area contributed by atoms with Gasteiger partial charge in [0.25, 0.3) is 5.91 Å². The van der Waals surface area contributed by atoms with Crippen LogP contribution in [-0.2, 0) is 4.79 Å². The minimum Gasteiger partial charge on any atom is -0.345 e. The number of thioether (sulfide) groups is 1. The van der Waals surface area contributed by atoms with Gasteiger partial charge in [-0.3, -0.25) is 14.2 Å². The van der Waals surface area contributed by atoms with E-state index >= 15 is 0 Å². The van der Waals surface area contributed by atoms with Gasteiger partial charge < -0.3 is 10.2 Å². The Hall–Kier alpha value is -2.94. The molecular formula is C19H18F2N4O2S. The molecule has 0 saturated heterocycles. The summed E-state index contributed by atoms with van der Waals surface area (Å²) in [4.78, 5) is 29.7. The van der Waals surface area contributed by atoms with Crippen LogP contribution in [0.15, 0.2) is 53.7 Å². The fourth-order valence-corrected chi connectivity index (χ4v) is 3.41. The van der Waals surface area contributed by atoms with E-state index in [0.717, 1.165) is 16.3 Å². The zero-order valence-electron chi connectivity index (χ0n) is 15.2. The number of nitrogens with one attached hydrogen (secondary N) is 1. The number of hydrogen-bond acceptors (Lipinski definition) is 4. The predicted octanol–water partition coefficient (Wildman–Crippen LogP) is 3.86. The third kappa shape index (κ3) is 4.30. The van der Waals surface area contributed by atoms with Crippen molar-refractivity contribution in [2.24, 2.45) is 0 Å². The molecule has 0 aliphatic carbocycles. The number of halogens is 2. The number of para-hydroxylation sites is 2. The average molecular weight is 404 g/mol. The van der Waals surface area contributed by atoms with Crippen LogP contribution >= 0.6 is 11.8 Å². The normalized spacial score (nSPS) is 11.0. The van der Waals surface area contributed by atoms with Gasteiger partial charge in [0, 0.05) is 25.3 Å². The van der Waals surface area contributed by atoms with Gasteiger partial charge in [-0.25, -0.2) is 4.98 Å². The van der Waals surface area contributed by atoms with Crippen LogP contribution in [0.1, 0.15) is 16.9 Å². The molecule has 3 rings (SSSR count). The van der Waals surface area contributed by atoms with Gasteiger partial charge in [0.1, 0.15) is 0 Å². The number of amides is 2. The zero-order chi connectivity index (χ0) is 20.3. The molecule has 0 unspecified atom stereocenters. The largest absolute Gasteiger partial charge is 0.345 e. The van der Waals surface area contributed by atoms with Gasteiger partial charge in [-0.2, -0.15) is 8.78 Å². The van der Waals surface area contributed by atoms with Crippen molar-refractivity contribution in [3.63, 3.8) is 0 Å². The highest BCUT2D eigenvalue weighted by atomic mass is 32.2. The first-order chi connectivity index (χ1) is 13.4. The average Bonchev–Trinajstić information content (AvgIpc) is 3.05. The lowest BCUT2D eigenvalue weighted by atomic mass is 10.2. The van der Waals surface area contributed by atoms with Gasteiger partial charge in [0.2, 0.25) is 5.91 Å². The number of anilines is 1. The molecule has 9 heteroatoms. The minimum atomic E-state index is -2.75. The highest BCUT2D eigenvalue weighted by Gasteiger charge is 2.18. The monoisotopic (exact) mass is 404 g/mol. The number of imidazole rings is 1. The van der Waals surface area contributed by atoms with E-state index in [1.807, 2.05) is 0 Å². The molecule has 0 radical (unpaired) electrons. The Balaban J connectivity index is 1.66. The van der Waals surface area contributed by atoms with Crippen molar-refractivity contribution < 1.29 is 18.4 Å². The summed E-state index contributed by atoms with van der Waals surface area (Å²) in [5.41, 5.74) is 1.79. The van der Waals surface area contributed by atoms with Crippen LogP contribution in [-0.4, -0.2) is 46.1 Å². The maximum Gasteiger partial charge on any atom is 0.321 e. The summed E-state index contributed by atoms with van der Waals surface area (Å²) in [7, 11) is 3.31. The number of carbonyl (C=O) groups is 2. The standard InChI is InChI=1S/C19H18F2N4O2S/c1-24(2)17(27)12-7-9-13(10-8-12)22-16(26)11-28-19-23-14-5-3-4-6-15(14)25(19)18(20)21/h3-10,18H,11H2,1-2H3,(H,22,26). The Morgan fingerprint density at radius 1 is 1.14 bits per heavy atom. The van der Waals surface area contributed by atoms with E-state index in [9.17, 15) is 18.4 Å². The third-order valence-electron chi connectivity index (χ3n) is 3.91. The van der Waals surface area contributed by atoms with Gasteiger partial charge in [-0.15, -0.1) is 0 Å². The summed E-state index contributed by atoms with van der Waals surface area (Å²) in [5, 5.41) is 2.76. The maximum atomic E-state index is 13.4. The van der Waals surface area contributed by atoms with Crippen LogP contribution in [0.3, 0.4) is 0 Å². The number of carbonyl (C=O) groups excluding carboxylic acids is 2. The maximum absolute atomic E-state index is 13.4. The molecule has 2 aromatic carbocycles. The topological polar surface area (TPSA) is 67.2 Å². The first kappa shape index (κ1) is 19.8. The summed E-state index contributed by atoms with van der Waals surface area (Å²) in [6.07, 6.45) is 0. The highest BCUT2D eigenvalue weighted by Crippen LogP contribution is 2.29. The van der Waals surface area contributed by atoms with Gasteiger partial charge in [0.15, 0.2) is 5.16 Å². The van der Waals surface area contributed by atoms with Crippen molar-refractivity contribution in [2.75, 3.05) is 25.2 Å². The van der Waals surface area contributed by atoms with Gasteiger partial charge in [0.05, 0.1) is 16.8 Å². The van der Waals surface area contributed by atoms with Crippen LogP contribution in [0.5, 0.6) is 0 Å². The van der Waals surface area contributed by atoms with E-state index in [4.69, 9.17) is 0 Å². The quantitative estimate of drug-likeness (QED) is 0.634. The lowest BCUT2D eigenvalue weighted by molar-refractivity contribution is -0.113. The van der Waals surface area contributed by atoms with Crippen molar-refractivity contribution in [3.8, 4) is 0 Å². The fraction of sp³-hybridized carbons (Fsp3) is 0.211. The Morgan fingerprint density at radius 3 is 2.46 bits per heavy atom. The van der Waals surface area contributed by atoms with E-state index < -0.39 is 6.55 Å². The third-order valence-corrected chi connectivity index (χ3v) is 4.87. The summed E-state index contributed by atoms with van der Waals surface area (Å²) in [5.74, 6) is -0.571. The number of aromatic nitrogens is 2. The molecule has 0 atom stereocenters. The number of fused-ring (bicyclic) bond motifs is 1. The summed E-state index contributed by atoms with van der Waals surface area (Å²) in [6.45, 7) is -2.75. The number of rotatable bonds is 6. The molecule has 2 amide bonds. The van der Waals surface area contributed by atoms with Crippen molar-refractivity contribution in [1.82, 2.24) is 14.5 Å². The van der Waals surface area contributed by atoms with Crippen LogP contribution in [0.4, 0.5) is 14.5 Å². The first-order valence-corrected chi connectivity index (χ1v) is 9.35. The smallest absolute Gasteiger partial charge is 0.321 e. The van der Waals surface area contributed by atoms with E-state index in [0.29, 0.717) is 22.3 Å². The molecule has 0 spiro atoms. The molecule has 0 fully saturated rings. The SMILES string of the molecule is CN(C)C(=O)c1ccc(NC(=O)CSc2nc3ccccc3n2C(F)F)cc1. The fourth-order valence-electron chi connectivity index (χ4n) is 2.59. The molecule has 146 valence electrons. The summed E-state index contributed by atoms with van der Waals surface area (Å²) in [6, 6.07) is 13.1. The molecular weight excluding hydrogens is 386 g/mol. The number of alkyl halides is 2. The van der Waals surface area contributed by atoms with Crippen LogP contribution in [0.25, 0.3) is 11.0 Å². The summed E-state index contributed by atoms with van der Waals surface area (Å²) >= 11 is 0.939. The molecule has 6 nitrogen and oxygen atoms in total. The molecule has 0 saturated carbocycles. The van der Waals surface area contributed by atoms with Crippen LogP contribution < -0.4 is 5.32 Å². The molecule has 0 bridgehead atoms. The molecule has 1 aromatic heterocycles. The molecule has 0 aliphatic rings. The van der Waals surface area contributed by atoms with Gasteiger partial charge >= 0.3 is 6.55 Å². The lowest BCUT2D eigenvalue weighted by Crippen LogP contribution is -2.21. The second-order valence-electron chi connectivity index (χ2n) is 6.14. The lowest BCUT2D eigenvalue weighted by Gasteiger charge is -2.11. The van der Waals surface area contributed by atoms with Gasteiger partial charge in [-0.05, 0) is 36.4 Å². The van der Waals surface area contributed by atoms with E-state index in [-0.39, 0.29) is 22.7 Å². The van der Waals surface area contributed by atoms with Gasteiger partial charge in [-0.1, -0.05) is 23.9 Å². The van der Waals surface area contributed by atoms with E-state index in [2.05, 4.69) is 10.3 Å².